The molecule has 4 aromatic rings. The van der Waals surface area contributed by atoms with Crippen molar-refractivity contribution >= 4 is 16.9 Å². The fraction of sp³-hybridized carbons (Fsp3) is 0.241. The van der Waals surface area contributed by atoms with Gasteiger partial charge in [0, 0.05) is 12.1 Å². The Morgan fingerprint density at radius 2 is 1.69 bits per heavy atom. The van der Waals surface area contributed by atoms with E-state index in [-0.39, 0.29) is 12.5 Å². The summed E-state index contributed by atoms with van der Waals surface area (Å²) in [6.45, 7) is 2.59. The van der Waals surface area contributed by atoms with Crippen molar-refractivity contribution in [2.75, 3.05) is 27.4 Å². The number of aryl methyl sites for hydroxylation is 1. The molecule has 0 aliphatic carbocycles. The van der Waals surface area contributed by atoms with Gasteiger partial charge < -0.3 is 23.5 Å². The fourth-order valence-corrected chi connectivity index (χ4v) is 4.79. The predicted molar refractivity (Wildman–Crippen MR) is 136 cm³/mol. The largest absolute Gasteiger partial charge is 0.493 e. The Balaban J connectivity index is 1.57. The predicted octanol–water partition coefficient (Wildman–Crippen LogP) is 4.94. The maximum absolute atomic E-state index is 13.7. The Labute approximate surface area is 208 Å². The summed E-state index contributed by atoms with van der Waals surface area (Å²) in [4.78, 5) is 27.7. The Hall–Kier alpha value is -4.26. The number of carbonyl (C=O) groups excluding carboxylic acids is 1. The second-order valence-corrected chi connectivity index (χ2v) is 8.72. The molecule has 1 aliphatic rings. The molecule has 2 heterocycles. The van der Waals surface area contributed by atoms with Crippen molar-refractivity contribution in [3.05, 3.63) is 99.4 Å². The number of rotatable bonds is 6. The van der Waals surface area contributed by atoms with Crippen LogP contribution in [0.15, 0.2) is 75.9 Å². The standard InChI is InChI=1S/C29H27NO6/c1-18-8-4-5-9-20(18)29(32)30-13-12-19-14-26(33-2)27(34-3)15-22(19)23(30)17-35-25-16-28(31)36-24-11-7-6-10-21(24)25/h4-11,14-16,23H,12-13,17H2,1-3H3. The molecular weight excluding hydrogens is 458 g/mol. The van der Waals surface area contributed by atoms with E-state index in [4.69, 9.17) is 18.6 Å². The molecule has 36 heavy (non-hydrogen) atoms. The average molecular weight is 486 g/mol. The van der Waals surface area contributed by atoms with Gasteiger partial charge in [-0.15, -0.1) is 0 Å². The zero-order chi connectivity index (χ0) is 25.2. The van der Waals surface area contributed by atoms with Crippen LogP contribution in [-0.2, 0) is 6.42 Å². The van der Waals surface area contributed by atoms with Crippen LogP contribution in [0.3, 0.4) is 0 Å². The molecule has 1 aromatic heterocycles. The van der Waals surface area contributed by atoms with Crippen molar-refractivity contribution in [2.45, 2.75) is 19.4 Å². The first-order valence-corrected chi connectivity index (χ1v) is 11.8. The molecule has 5 rings (SSSR count). The number of hydrogen-bond donors (Lipinski definition) is 0. The van der Waals surface area contributed by atoms with Crippen molar-refractivity contribution in [2.24, 2.45) is 0 Å². The van der Waals surface area contributed by atoms with Crippen LogP contribution in [0.5, 0.6) is 17.2 Å². The molecule has 0 saturated carbocycles. The van der Waals surface area contributed by atoms with Gasteiger partial charge in [-0.1, -0.05) is 30.3 Å². The molecule has 0 fully saturated rings. The van der Waals surface area contributed by atoms with Gasteiger partial charge in [-0.3, -0.25) is 4.79 Å². The number of benzene rings is 3. The maximum Gasteiger partial charge on any atom is 0.339 e. The molecule has 0 spiro atoms. The summed E-state index contributed by atoms with van der Waals surface area (Å²) in [6.07, 6.45) is 0.668. The second kappa shape index (κ2) is 9.77. The quantitative estimate of drug-likeness (QED) is 0.360. The molecule has 0 N–H and O–H groups in total. The Morgan fingerprint density at radius 3 is 2.47 bits per heavy atom. The first-order chi connectivity index (χ1) is 17.5. The van der Waals surface area contributed by atoms with Crippen molar-refractivity contribution in [3.63, 3.8) is 0 Å². The number of nitrogens with zero attached hydrogens (tertiary/aromatic N) is 1. The molecule has 1 aliphatic heterocycles. The minimum absolute atomic E-state index is 0.0698. The Morgan fingerprint density at radius 1 is 0.972 bits per heavy atom. The molecule has 0 radical (unpaired) electrons. The number of fused-ring (bicyclic) bond motifs is 2. The van der Waals surface area contributed by atoms with E-state index < -0.39 is 11.7 Å². The number of para-hydroxylation sites is 1. The van der Waals surface area contributed by atoms with Gasteiger partial charge >= 0.3 is 5.63 Å². The molecule has 1 atom stereocenters. The van der Waals surface area contributed by atoms with Gasteiger partial charge in [0.1, 0.15) is 17.9 Å². The summed E-state index contributed by atoms with van der Waals surface area (Å²) in [7, 11) is 3.19. The smallest absolute Gasteiger partial charge is 0.339 e. The first-order valence-electron chi connectivity index (χ1n) is 11.8. The van der Waals surface area contributed by atoms with E-state index in [2.05, 4.69) is 0 Å². The molecule has 7 heteroatoms. The summed E-state index contributed by atoms with van der Waals surface area (Å²) < 4.78 is 22.6. The highest BCUT2D eigenvalue weighted by Crippen LogP contribution is 2.39. The van der Waals surface area contributed by atoms with Crippen LogP contribution in [0, 0.1) is 6.92 Å². The molecule has 1 amide bonds. The topological polar surface area (TPSA) is 78.2 Å². The molecule has 1 unspecified atom stereocenters. The van der Waals surface area contributed by atoms with Crippen LogP contribution in [0.25, 0.3) is 11.0 Å². The number of amides is 1. The van der Waals surface area contributed by atoms with Gasteiger partial charge in [0.15, 0.2) is 11.5 Å². The van der Waals surface area contributed by atoms with E-state index in [0.29, 0.717) is 46.7 Å². The number of carbonyl (C=O) groups is 1. The first kappa shape index (κ1) is 23.5. The van der Waals surface area contributed by atoms with E-state index in [9.17, 15) is 9.59 Å². The van der Waals surface area contributed by atoms with Gasteiger partial charge in [-0.25, -0.2) is 4.79 Å². The highest BCUT2D eigenvalue weighted by atomic mass is 16.5. The highest BCUT2D eigenvalue weighted by Gasteiger charge is 2.34. The minimum atomic E-state index is -0.494. The molecule has 0 bridgehead atoms. The molecule has 7 nitrogen and oxygen atoms in total. The highest BCUT2D eigenvalue weighted by molar-refractivity contribution is 5.96. The van der Waals surface area contributed by atoms with Crippen molar-refractivity contribution < 1.29 is 23.4 Å². The molecule has 3 aromatic carbocycles. The fourth-order valence-electron chi connectivity index (χ4n) is 4.79. The zero-order valence-corrected chi connectivity index (χ0v) is 20.4. The van der Waals surface area contributed by atoms with E-state index in [1.807, 2.05) is 60.4 Å². The number of ether oxygens (including phenoxy) is 3. The number of hydrogen-bond acceptors (Lipinski definition) is 6. The van der Waals surface area contributed by atoms with E-state index in [0.717, 1.165) is 16.7 Å². The van der Waals surface area contributed by atoms with Gasteiger partial charge in [0.25, 0.3) is 5.91 Å². The lowest BCUT2D eigenvalue weighted by Gasteiger charge is -2.38. The summed E-state index contributed by atoms with van der Waals surface area (Å²) in [5, 5.41) is 0.692. The molecule has 184 valence electrons. The zero-order valence-electron chi connectivity index (χ0n) is 20.4. The molecule has 0 saturated heterocycles. The average Bonchev–Trinajstić information content (AvgIpc) is 2.90. The van der Waals surface area contributed by atoms with E-state index in [1.54, 1.807) is 26.4 Å². The van der Waals surface area contributed by atoms with Crippen LogP contribution in [-0.4, -0.2) is 38.2 Å². The van der Waals surface area contributed by atoms with Gasteiger partial charge in [-0.05, 0) is 60.4 Å². The SMILES string of the molecule is COc1cc2c(cc1OC)C(COc1cc(=O)oc3ccccc13)N(C(=O)c1ccccc1C)CC2. The maximum atomic E-state index is 13.7. The lowest BCUT2D eigenvalue weighted by Crippen LogP contribution is -2.42. The Kier molecular flexibility index (Phi) is 6.38. The van der Waals surface area contributed by atoms with Crippen LogP contribution in [0.2, 0.25) is 0 Å². The van der Waals surface area contributed by atoms with Crippen LogP contribution >= 0.6 is 0 Å². The van der Waals surface area contributed by atoms with Crippen molar-refractivity contribution in [1.82, 2.24) is 4.90 Å². The summed E-state index contributed by atoms with van der Waals surface area (Å²) in [5.41, 5.74) is 3.50. The third-order valence-electron chi connectivity index (χ3n) is 6.65. The van der Waals surface area contributed by atoms with Gasteiger partial charge in [0.05, 0.1) is 31.7 Å². The second-order valence-electron chi connectivity index (χ2n) is 8.72. The van der Waals surface area contributed by atoms with E-state index in [1.165, 1.54) is 6.07 Å². The molecular formula is C29H27NO6. The van der Waals surface area contributed by atoms with E-state index >= 15 is 0 Å². The van der Waals surface area contributed by atoms with Crippen LogP contribution in [0.4, 0.5) is 0 Å². The van der Waals surface area contributed by atoms with Crippen molar-refractivity contribution in [1.29, 1.82) is 0 Å². The number of methoxy groups -OCH3 is 2. The Bertz CT molecular complexity index is 1490. The van der Waals surface area contributed by atoms with Gasteiger partial charge in [0.2, 0.25) is 0 Å². The van der Waals surface area contributed by atoms with Gasteiger partial charge in [-0.2, -0.15) is 0 Å². The third-order valence-corrected chi connectivity index (χ3v) is 6.65. The minimum Gasteiger partial charge on any atom is -0.493 e. The van der Waals surface area contributed by atoms with Crippen LogP contribution < -0.4 is 19.8 Å². The summed E-state index contributed by atoms with van der Waals surface area (Å²) in [5.74, 6) is 1.57. The lowest BCUT2D eigenvalue weighted by atomic mass is 9.91. The summed E-state index contributed by atoms with van der Waals surface area (Å²) in [6, 6.07) is 19.6. The van der Waals surface area contributed by atoms with Crippen LogP contribution in [0.1, 0.15) is 33.1 Å². The monoisotopic (exact) mass is 485 g/mol. The lowest BCUT2D eigenvalue weighted by molar-refractivity contribution is 0.0589. The summed E-state index contributed by atoms with van der Waals surface area (Å²) >= 11 is 0. The normalized spacial score (nSPS) is 14.9. The third kappa shape index (κ3) is 4.28. The van der Waals surface area contributed by atoms with Crippen molar-refractivity contribution in [3.8, 4) is 17.2 Å².